The van der Waals surface area contributed by atoms with Crippen LogP contribution < -0.4 is 20.7 Å². The van der Waals surface area contributed by atoms with Gasteiger partial charge in [-0.1, -0.05) is 0 Å². The third-order valence-electron chi connectivity index (χ3n) is 3.86. The van der Waals surface area contributed by atoms with E-state index in [9.17, 15) is 14.7 Å². The average Bonchev–Trinajstić information content (AvgIpc) is 2.64. The number of aromatic hydroxyl groups is 1. The lowest BCUT2D eigenvalue weighted by Gasteiger charge is -2.09. The van der Waals surface area contributed by atoms with E-state index < -0.39 is 11.3 Å². The van der Waals surface area contributed by atoms with Crippen molar-refractivity contribution in [2.45, 2.75) is 0 Å². The Bertz CT molecular complexity index is 1250. The van der Waals surface area contributed by atoms with Crippen LogP contribution in [0.25, 0.3) is 21.9 Å². The molecule has 0 saturated carbocycles. The van der Waals surface area contributed by atoms with Crippen LogP contribution in [0.15, 0.2) is 67.0 Å². The van der Waals surface area contributed by atoms with Crippen molar-refractivity contribution in [1.82, 2.24) is 0 Å². The summed E-state index contributed by atoms with van der Waals surface area (Å²) in [5.41, 5.74) is -0.886. The predicted octanol–water partition coefficient (Wildman–Crippen LogP) is 3.41. The summed E-state index contributed by atoms with van der Waals surface area (Å²) in [6.45, 7) is 0. The number of fused-ring (bicyclic) bond motifs is 2. The van der Waals surface area contributed by atoms with Crippen LogP contribution in [-0.4, -0.2) is 12.2 Å². The molecule has 0 saturated heterocycles. The fraction of sp³-hybridized carbons (Fsp3) is 0.0526. The molecular formula is C19H12O7. The third kappa shape index (κ3) is 2.65. The van der Waals surface area contributed by atoms with Gasteiger partial charge in [-0.05, 0) is 30.3 Å². The van der Waals surface area contributed by atoms with Gasteiger partial charge in [0.05, 0.1) is 12.5 Å². The summed E-state index contributed by atoms with van der Waals surface area (Å²) >= 11 is 0. The molecule has 0 bridgehead atoms. The topological polar surface area (TPSA) is 99.1 Å². The quantitative estimate of drug-likeness (QED) is 0.564. The number of hydrogen-bond donors (Lipinski definition) is 1. The van der Waals surface area contributed by atoms with E-state index in [1.807, 2.05) is 0 Å². The summed E-state index contributed by atoms with van der Waals surface area (Å²) in [4.78, 5) is 23.5. The Labute approximate surface area is 145 Å². The lowest BCUT2D eigenvalue weighted by molar-refractivity contribution is 0.385. The molecule has 7 heteroatoms. The maximum absolute atomic E-state index is 12.2. The highest BCUT2D eigenvalue weighted by Crippen LogP contribution is 2.36. The molecule has 0 aliphatic carbocycles. The van der Waals surface area contributed by atoms with Crippen LogP contribution in [0.3, 0.4) is 0 Å². The number of benzene rings is 2. The minimum Gasteiger partial charge on any atom is -0.504 e. The second-order valence-electron chi connectivity index (χ2n) is 5.49. The Balaban J connectivity index is 1.82. The van der Waals surface area contributed by atoms with Crippen molar-refractivity contribution < 1.29 is 23.4 Å². The van der Waals surface area contributed by atoms with E-state index in [0.717, 1.165) is 0 Å². The smallest absolute Gasteiger partial charge is 0.383 e. The molecule has 2 aromatic heterocycles. The van der Waals surface area contributed by atoms with Crippen molar-refractivity contribution >= 4 is 21.9 Å². The van der Waals surface area contributed by atoms with Crippen LogP contribution >= 0.6 is 0 Å². The van der Waals surface area contributed by atoms with Gasteiger partial charge in [-0.2, -0.15) is 0 Å². The van der Waals surface area contributed by atoms with E-state index >= 15 is 0 Å². The van der Waals surface area contributed by atoms with Gasteiger partial charge in [0.1, 0.15) is 22.7 Å². The van der Waals surface area contributed by atoms with Gasteiger partial charge in [-0.25, -0.2) is 9.59 Å². The molecule has 0 fully saturated rings. The first-order valence-corrected chi connectivity index (χ1v) is 7.61. The largest absolute Gasteiger partial charge is 0.504 e. The minimum absolute atomic E-state index is 0.170. The first kappa shape index (κ1) is 15.8. The molecule has 7 nitrogen and oxygen atoms in total. The molecule has 0 aliphatic heterocycles. The summed E-state index contributed by atoms with van der Waals surface area (Å²) in [5, 5.41) is 11.4. The molecule has 0 radical (unpaired) electrons. The van der Waals surface area contributed by atoms with Crippen LogP contribution in [0.5, 0.6) is 23.0 Å². The van der Waals surface area contributed by atoms with Crippen molar-refractivity contribution in [2.75, 3.05) is 7.11 Å². The summed E-state index contributed by atoms with van der Waals surface area (Å²) < 4.78 is 20.9. The fourth-order valence-electron chi connectivity index (χ4n) is 2.59. The van der Waals surface area contributed by atoms with Gasteiger partial charge in [0.2, 0.25) is 0 Å². The number of rotatable bonds is 3. The van der Waals surface area contributed by atoms with E-state index in [0.29, 0.717) is 22.1 Å². The monoisotopic (exact) mass is 352 g/mol. The van der Waals surface area contributed by atoms with Gasteiger partial charge in [-0.15, -0.1) is 0 Å². The molecular weight excluding hydrogens is 340 g/mol. The van der Waals surface area contributed by atoms with Gasteiger partial charge in [-0.3, -0.25) is 0 Å². The minimum atomic E-state index is -0.849. The van der Waals surface area contributed by atoms with Gasteiger partial charge in [0.15, 0.2) is 5.75 Å². The Morgan fingerprint density at radius 1 is 0.885 bits per heavy atom. The van der Waals surface area contributed by atoms with Crippen molar-refractivity contribution in [3.63, 3.8) is 0 Å². The molecule has 1 N–H and O–H groups in total. The van der Waals surface area contributed by atoms with Gasteiger partial charge in [0, 0.05) is 23.6 Å². The summed E-state index contributed by atoms with van der Waals surface area (Å²) in [6.07, 6.45) is 0. The highest BCUT2D eigenvalue weighted by Gasteiger charge is 2.17. The molecule has 0 atom stereocenters. The Hall–Kier alpha value is -3.74. The normalized spacial score (nSPS) is 11.0. The van der Waals surface area contributed by atoms with E-state index in [4.69, 9.17) is 18.3 Å². The van der Waals surface area contributed by atoms with Crippen molar-refractivity contribution in [2.24, 2.45) is 0 Å². The second-order valence-corrected chi connectivity index (χ2v) is 5.49. The van der Waals surface area contributed by atoms with Crippen molar-refractivity contribution in [3.05, 3.63) is 69.4 Å². The van der Waals surface area contributed by atoms with Crippen LogP contribution in [0.2, 0.25) is 0 Å². The highest BCUT2D eigenvalue weighted by atomic mass is 16.5. The lowest BCUT2D eigenvalue weighted by Crippen LogP contribution is -2.04. The van der Waals surface area contributed by atoms with E-state index in [-0.39, 0.29) is 22.8 Å². The van der Waals surface area contributed by atoms with E-state index in [1.165, 1.54) is 25.3 Å². The number of ether oxygens (including phenoxy) is 2. The molecule has 2 aromatic carbocycles. The van der Waals surface area contributed by atoms with Crippen LogP contribution in [0.1, 0.15) is 0 Å². The lowest BCUT2D eigenvalue weighted by atomic mass is 10.2. The molecule has 4 aromatic rings. The molecule has 4 rings (SSSR count). The fourth-order valence-corrected chi connectivity index (χ4v) is 2.59. The Morgan fingerprint density at radius 3 is 2.42 bits per heavy atom. The Kier molecular flexibility index (Phi) is 3.62. The van der Waals surface area contributed by atoms with Gasteiger partial charge >= 0.3 is 11.3 Å². The molecule has 0 aliphatic rings. The molecule has 0 spiro atoms. The standard InChI is InChI=1S/C19H12O7/c1-23-11-5-6-13-15(8-11)26-19(22)18(17(13)21)24-12-4-2-10-3-7-16(20)25-14(10)9-12/h2-9,21H,1H3. The first-order valence-electron chi connectivity index (χ1n) is 7.61. The second kappa shape index (κ2) is 5.96. The molecule has 0 amide bonds. The zero-order valence-corrected chi connectivity index (χ0v) is 13.5. The zero-order valence-electron chi connectivity index (χ0n) is 13.5. The zero-order chi connectivity index (χ0) is 18.3. The maximum atomic E-state index is 12.2. The van der Waals surface area contributed by atoms with E-state index in [2.05, 4.69) is 0 Å². The summed E-state index contributed by atoms with van der Waals surface area (Å²) in [5.74, 6) is -0.0191. The van der Waals surface area contributed by atoms with Gasteiger partial charge < -0.3 is 23.4 Å². The van der Waals surface area contributed by atoms with E-state index in [1.54, 1.807) is 30.3 Å². The Morgan fingerprint density at radius 2 is 1.62 bits per heavy atom. The number of hydrogen-bond acceptors (Lipinski definition) is 7. The molecule has 26 heavy (non-hydrogen) atoms. The van der Waals surface area contributed by atoms with Crippen LogP contribution in [0.4, 0.5) is 0 Å². The van der Waals surface area contributed by atoms with Crippen molar-refractivity contribution in [1.29, 1.82) is 0 Å². The average molecular weight is 352 g/mol. The maximum Gasteiger partial charge on any atom is 0.383 e. The molecule has 0 unspecified atom stereocenters. The van der Waals surface area contributed by atoms with Crippen molar-refractivity contribution in [3.8, 4) is 23.0 Å². The first-order chi connectivity index (χ1) is 12.5. The van der Waals surface area contributed by atoms with Crippen LogP contribution in [0, 0.1) is 0 Å². The third-order valence-corrected chi connectivity index (χ3v) is 3.86. The van der Waals surface area contributed by atoms with Crippen LogP contribution in [-0.2, 0) is 0 Å². The molecule has 2 heterocycles. The van der Waals surface area contributed by atoms with Gasteiger partial charge in [0.25, 0.3) is 5.75 Å². The summed E-state index contributed by atoms with van der Waals surface area (Å²) in [6, 6.07) is 12.3. The SMILES string of the molecule is COc1ccc2c(O)c(Oc3ccc4ccc(=O)oc4c3)c(=O)oc2c1. The molecule has 130 valence electrons. The predicted molar refractivity (Wildman–Crippen MR) is 93.3 cm³/mol. The summed E-state index contributed by atoms with van der Waals surface area (Å²) in [7, 11) is 1.48. The highest BCUT2D eigenvalue weighted by molar-refractivity contribution is 5.86. The number of methoxy groups -OCH3 is 1.